The van der Waals surface area contributed by atoms with E-state index in [-0.39, 0.29) is 97.9 Å². The van der Waals surface area contributed by atoms with Crippen molar-refractivity contribution in [3.8, 4) is 33.6 Å². The Morgan fingerprint density at radius 3 is 1.21 bits per heavy atom. The smallest absolute Gasteiger partial charge is 0.248 e. The first-order valence-electron chi connectivity index (χ1n) is 20.2. The number of hydrogen-bond donors (Lipinski definition) is 2. The summed E-state index contributed by atoms with van der Waals surface area (Å²) in [5.41, 5.74) is 5.25. The second-order valence-electron chi connectivity index (χ2n) is 18.1. The van der Waals surface area contributed by atoms with Gasteiger partial charge in [0.25, 0.3) is 0 Å². The number of H-pyrrole nitrogens is 2. The second-order valence-corrected chi connectivity index (χ2v) is 18.1. The molecule has 298 valence electrons. The fourth-order valence-electron chi connectivity index (χ4n) is 9.68. The van der Waals surface area contributed by atoms with Crippen LogP contribution < -0.4 is 0 Å². The van der Waals surface area contributed by atoms with Crippen LogP contribution in [0.5, 0.6) is 0 Å². The summed E-state index contributed by atoms with van der Waals surface area (Å²) >= 11 is 0. The van der Waals surface area contributed by atoms with Crippen LogP contribution in [-0.2, 0) is 9.59 Å². The SMILES string of the molecule is CC1(C)CCN(C(=O)C2CCC(F)(F)CC2)[C@H]1c1ncc(-c2ccc(-c3ccc(-c4cnc([C@@H]5N(C(=O)C6CCC(F)(F)CC6)CCC5(C)C)[nH]4)cc3)cc2)[nH]1. The van der Waals surface area contributed by atoms with Gasteiger partial charge in [-0.05, 0) is 71.6 Å². The summed E-state index contributed by atoms with van der Waals surface area (Å²) in [4.78, 5) is 47.4. The first kappa shape index (κ1) is 38.4. The van der Waals surface area contributed by atoms with E-state index in [1.165, 1.54) is 0 Å². The van der Waals surface area contributed by atoms with Crippen molar-refractivity contribution in [1.82, 2.24) is 29.7 Å². The Labute approximate surface area is 325 Å². The number of imidazole rings is 2. The molecule has 2 aliphatic carbocycles. The van der Waals surface area contributed by atoms with E-state index in [0.717, 1.165) is 46.5 Å². The number of carbonyl (C=O) groups excluding carboxylic acids is 2. The molecule has 2 saturated heterocycles. The first-order valence-corrected chi connectivity index (χ1v) is 20.2. The summed E-state index contributed by atoms with van der Waals surface area (Å²) in [6.45, 7) is 9.70. The number of benzene rings is 2. The van der Waals surface area contributed by atoms with E-state index in [0.29, 0.717) is 24.7 Å². The molecular formula is C44H52F4N6O2. The fraction of sp³-hybridized carbons (Fsp3) is 0.545. The van der Waals surface area contributed by atoms with Crippen molar-refractivity contribution >= 4 is 11.8 Å². The molecule has 56 heavy (non-hydrogen) atoms. The van der Waals surface area contributed by atoms with Crippen molar-refractivity contribution in [3.05, 3.63) is 72.6 Å². The van der Waals surface area contributed by atoms with Crippen LogP contribution in [0, 0.1) is 22.7 Å². The largest absolute Gasteiger partial charge is 0.340 e. The van der Waals surface area contributed by atoms with Crippen molar-refractivity contribution in [2.45, 2.75) is 116 Å². The van der Waals surface area contributed by atoms with E-state index in [9.17, 15) is 27.2 Å². The molecule has 2 amide bonds. The number of amides is 2. The first-order chi connectivity index (χ1) is 26.5. The summed E-state index contributed by atoms with van der Waals surface area (Å²) in [5.74, 6) is -4.75. The molecule has 2 aromatic carbocycles. The third-order valence-corrected chi connectivity index (χ3v) is 13.2. The molecule has 2 saturated carbocycles. The number of nitrogens with zero attached hydrogens (tertiary/aromatic N) is 4. The van der Waals surface area contributed by atoms with Crippen LogP contribution in [0.15, 0.2) is 60.9 Å². The molecule has 2 aliphatic heterocycles. The predicted molar refractivity (Wildman–Crippen MR) is 207 cm³/mol. The minimum Gasteiger partial charge on any atom is -0.340 e. The van der Waals surface area contributed by atoms with E-state index in [4.69, 9.17) is 9.97 Å². The van der Waals surface area contributed by atoms with Gasteiger partial charge in [-0.3, -0.25) is 9.59 Å². The quantitative estimate of drug-likeness (QED) is 0.183. The number of carbonyl (C=O) groups is 2. The van der Waals surface area contributed by atoms with Gasteiger partial charge in [-0.15, -0.1) is 0 Å². The highest BCUT2D eigenvalue weighted by molar-refractivity contribution is 5.81. The van der Waals surface area contributed by atoms with Gasteiger partial charge in [0.1, 0.15) is 11.6 Å². The Morgan fingerprint density at radius 1 is 0.554 bits per heavy atom. The number of aromatic amines is 2. The molecule has 4 aromatic rings. The molecule has 4 aliphatic rings. The maximum absolute atomic E-state index is 13.8. The molecule has 2 atom stereocenters. The number of hydrogen-bond acceptors (Lipinski definition) is 4. The number of likely N-dealkylation sites (tertiary alicyclic amines) is 2. The zero-order chi connectivity index (χ0) is 39.6. The summed E-state index contributed by atoms with van der Waals surface area (Å²) in [7, 11) is 0. The predicted octanol–water partition coefficient (Wildman–Crippen LogP) is 10.4. The van der Waals surface area contributed by atoms with E-state index < -0.39 is 11.8 Å². The molecule has 8 nitrogen and oxygen atoms in total. The van der Waals surface area contributed by atoms with E-state index in [1.54, 1.807) is 12.4 Å². The normalized spacial score (nSPS) is 24.8. The van der Waals surface area contributed by atoms with E-state index >= 15 is 0 Å². The minimum atomic E-state index is -2.68. The van der Waals surface area contributed by atoms with Gasteiger partial charge in [0.2, 0.25) is 23.7 Å². The molecule has 0 radical (unpaired) electrons. The van der Waals surface area contributed by atoms with Gasteiger partial charge in [-0.1, -0.05) is 76.2 Å². The highest BCUT2D eigenvalue weighted by Gasteiger charge is 2.49. The van der Waals surface area contributed by atoms with Crippen LogP contribution in [0.3, 0.4) is 0 Å². The Hall–Kier alpha value is -4.48. The van der Waals surface area contributed by atoms with Gasteiger partial charge in [0.15, 0.2) is 0 Å². The Bertz CT molecular complexity index is 1900. The topological polar surface area (TPSA) is 98.0 Å². The number of aromatic nitrogens is 4. The number of rotatable bonds is 7. The van der Waals surface area contributed by atoms with Crippen molar-refractivity contribution in [2.24, 2.45) is 22.7 Å². The van der Waals surface area contributed by atoms with E-state index in [1.807, 2.05) is 34.1 Å². The minimum absolute atomic E-state index is 0.0401. The van der Waals surface area contributed by atoms with Gasteiger partial charge >= 0.3 is 0 Å². The molecule has 8 rings (SSSR count). The molecule has 12 heteroatoms. The Kier molecular flexibility index (Phi) is 9.71. The summed E-state index contributed by atoms with van der Waals surface area (Å²) in [6, 6.07) is 15.9. The third-order valence-electron chi connectivity index (χ3n) is 13.2. The van der Waals surface area contributed by atoms with Gasteiger partial charge in [0, 0.05) is 50.6 Å². The summed E-state index contributed by atoms with van der Waals surface area (Å²) < 4.78 is 55.3. The maximum Gasteiger partial charge on any atom is 0.248 e. The molecule has 0 spiro atoms. The zero-order valence-corrected chi connectivity index (χ0v) is 32.7. The number of nitrogens with one attached hydrogen (secondary N) is 2. The number of alkyl halides is 4. The number of halogens is 4. The highest BCUT2D eigenvalue weighted by Crippen LogP contribution is 2.49. The van der Waals surface area contributed by atoms with Gasteiger partial charge in [-0.25, -0.2) is 27.5 Å². The van der Waals surface area contributed by atoms with Crippen LogP contribution in [0.1, 0.15) is 116 Å². The molecule has 2 aromatic heterocycles. The average molecular weight is 773 g/mol. The van der Waals surface area contributed by atoms with Crippen LogP contribution >= 0.6 is 0 Å². The van der Waals surface area contributed by atoms with Gasteiger partial charge < -0.3 is 19.8 Å². The van der Waals surface area contributed by atoms with Gasteiger partial charge in [-0.2, -0.15) is 0 Å². The Morgan fingerprint density at radius 2 is 0.875 bits per heavy atom. The molecule has 0 bridgehead atoms. The van der Waals surface area contributed by atoms with Crippen LogP contribution in [0.2, 0.25) is 0 Å². The van der Waals surface area contributed by atoms with Crippen molar-refractivity contribution in [3.63, 3.8) is 0 Å². The highest BCUT2D eigenvalue weighted by atomic mass is 19.3. The molecule has 0 unspecified atom stereocenters. The third kappa shape index (κ3) is 7.40. The molecule has 4 heterocycles. The summed E-state index contributed by atoms with van der Waals surface area (Å²) in [6.07, 6.45) is 5.15. The molecular weight excluding hydrogens is 721 g/mol. The van der Waals surface area contributed by atoms with Crippen molar-refractivity contribution in [1.29, 1.82) is 0 Å². The monoisotopic (exact) mass is 772 g/mol. The lowest BCUT2D eigenvalue weighted by Gasteiger charge is -2.35. The lowest BCUT2D eigenvalue weighted by molar-refractivity contribution is -0.142. The molecule has 2 N–H and O–H groups in total. The summed E-state index contributed by atoms with van der Waals surface area (Å²) in [5, 5.41) is 0. The van der Waals surface area contributed by atoms with E-state index in [2.05, 4.69) is 61.9 Å². The lowest BCUT2D eigenvalue weighted by Crippen LogP contribution is -2.41. The molecule has 4 fully saturated rings. The van der Waals surface area contributed by atoms with Crippen molar-refractivity contribution < 1.29 is 27.2 Å². The zero-order valence-electron chi connectivity index (χ0n) is 32.7. The lowest BCUT2D eigenvalue weighted by atomic mass is 9.83. The van der Waals surface area contributed by atoms with Crippen LogP contribution in [0.25, 0.3) is 33.6 Å². The van der Waals surface area contributed by atoms with Crippen LogP contribution in [-0.4, -0.2) is 66.5 Å². The average Bonchev–Trinajstić information content (AvgIpc) is 3.96. The van der Waals surface area contributed by atoms with Crippen LogP contribution in [0.4, 0.5) is 17.6 Å². The van der Waals surface area contributed by atoms with Crippen molar-refractivity contribution in [2.75, 3.05) is 13.1 Å². The Balaban J connectivity index is 0.938. The van der Waals surface area contributed by atoms with Gasteiger partial charge in [0.05, 0.1) is 35.9 Å². The standard InChI is InChI=1S/C44H52F4N6O2/c1-41(2)21-23-53(39(55)31-13-17-43(45,46)18-14-31)35(41)37-49-25-33(51-37)29-9-5-27(6-10-29)28-7-11-30(12-8-28)34-26-50-38(52-34)36-42(3,4)22-24-54(36)40(56)32-15-19-44(47,48)20-16-32/h5-12,25-26,31-32,35-36H,13-24H2,1-4H3,(H,49,51)(H,50,52)/t35-,36-/m0/s1. The fourth-order valence-corrected chi connectivity index (χ4v) is 9.68. The maximum atomic E-state index is 13.8. The second kappa shape index (κ2) is 14.2.